The number of hydrogen-bond donors (Lipinski definition) is 5. The zero-order valence-electron chi connectivity index (χ0n) is 44.6. The number of quaternary nitrogens is 1. The maximum Gasteiger partial charge on any atom is 0.306 e. The number of phosphoric ester groups is 1. The molecule has 0 bridgehead atoms. The molecule has 7 atom stereocenters. The third-order valence-electron chi connectivity index (χ3n) is 12.5. The number of ether oxygens (including phenoxy) is 6. The van der Waals surface area contributed by atoms with E-state index >= 15 is 0 Å². The summed E-state index contributed by atoms with van der Waals surface area (Å²) in [7, 11) is -4.84. The minimum Gasteiger partial charge on any atom is -0.756 e. The van der Waals surface area contributed by atoms with Gasteiger partial charge in [0.15, 0.2) is 12.4 Å². The molecule has 1 unspecified atom stereocenters. The average molecular weight is 1060 g/mol. The van der Waals surface area contributed by atoms with E-state index in [1.807, 2.05) is 0 Å². The van der Waals surface area contributed by atoms with Crippen LogP contribution in [0.4, 0.5) is 0 Å². The van der Waals surface area contributed by atoms with Gasteiger partial charge >= 0.3 is 11.9 Å². The summed E-state index contributed by atoms with van der Waals surface area (Å²) in [6, 6.07) is 0. The van der Waals surface area contributed by atoms with E-state index in [2.05, 4.69) is 24.2 Å². The molecule has 20 nitrogen and oxygen atoms in total. The van der Waals surface area contributed by atoms with Crippen LogP contribution in [-0.4, -0.2) is 144 Å². The van der Waals surface area contributed by atoms with Crippen molar-refractivity contribution in [2.75, 3.05) is 59.5 Å². The third-order valence-corrected chi connectivity index (χ3v) is 13.5. The molecule has 1 aromatic heterocycles. The predicted molar refractivity (Wildman–Crippen MR) is 272 cm³/mol. The Balaban J connectivity index is 0.0000259. The molecule has 1 fully saturated rings. The zero-order chi connectivity index (χ0) is 51.6. The Morgan fingerprint density at radius 1 is 0.653 bits per heavy atom. The van der Waals surface area contributed by atoms with Crippen LogP contribution in [0.5, 0.6) is 0 Å². The Kier molecular flexibility index (Phi) is 42.5. The molecule has 1 aliphatic rings. The fraction of sp³-hybridized carbons (Fsp3) is 0.922. The summed E-state index contributed by atoms with van der Waals surface area (Å²) in [5.74, 6) is -0.937. The SMILES string of the molecule is CCCCCCCCCCCCCCCC(=O)OC[C@H](COP(=O)([O-])OCCc1cn(CCOCCOCCO[C@@H]2O[C@@H](CO)[C@H](O)[C@@H](O)[C@H]2O)nn1)OC(=O)CCCCCCCCCCCCCCC.[NH4+]. The van der Waals surface area contributed by atoms with Gasteiger partial charge in [-0.05, 0) is 12.8 Å². The lowest BCUT2D eigenvalue weighted by atomic mass is 9.99. The van der Waals surface area contributed by atoms with E-state index in [9.17, 15) is 39.5 Å². The second kappa shape index (κ2) is 45.1. The number of rotatable bonds is 49. The van der Waals surface area contributed by atoms with Crippen molar-refractivity contribution >= 4 is 19.8 Å². The molecule has 2 heterocycles. The molecule has 1 aliphatic heterocycles. The van der Waals surface area contributed by atoms with Crippen molar-refractivity contribution < 1.29 is 76.9 Å². The van der Waals surface area contributed by atoms with Crippen LogP contribution in [0, 0.1) is 0 Å². The molecule has 0 radical (unpaired) electrons. The molecule has 21 heteroatoms. The maximum absolute atomic E-state index is 12.8. The molecule has 0 spiro atoms. The van der Waals surface area contributed by atoms with Crippen molar-refractivity contribution in [3.63, 3.8) is 0 Å². The molecule has 424 valence electrons. The van der Waals surface area contributed by atoms with E-state index < -0.39 is 69.8 Å². The van der Waals surface area contributed by atoms with E-state index in [4.69, 9.17) is 37.5 Å². The Morgan fingerprint density at radius 2 is 1.14 bits per heavy atom. The molecule has 2 rings (SSSR count). The highest BCUT2D eigenvalue weighted by Gasteiger charge is 2.44. The lowest BCUT2D eigenvalue weighted by Crippen LogP contribution is -2.59. The van der Waals surface area contributed by atoms with Crippen molar-refractivity contribution in [2.24, 2.45) is 0 Å². The molecule has 8 N–H and O–H groups in total. The van der Waals surface area contributed by atoms with Gasteiger partial charge in [-0.1, -0.05) is 173 Å². The Hall–Kier alpha value is -2.17. The minimum absolute atomic E-state index is 0. The molecule has 1 aromatic rings. The van der Waals surface area contributed by atoms with Crippen LogP contribution >= 0.6 is 7.82 Å². The summed E-state index contributed by atoms with van der Waals surface area (Å²) >= 11 is 0. The van der Waals surface area contributed by atoms with E-state index in [0.717, 1.165) is 38.5 Å². The van der Waals surface area contributed by atoms with Crippen molar-refractivity contribution in [3.8, 4) is 0 Å². The van der Waals surface area contributed by atoms with Crippen LogP contribution in [-0.2, 0) is 64.6 Å². The lowest BCUT2D eigenvalue weighted by molar-refractivity contribution is -0.302. The van der Waals surface area contributed by atoms with Crippen molar-refractivity contribution in [1.82, 2.24) is 21.1 Å². The largest absolute Gasteiger partial charge is 0.756 e. The average Bonchev–Trinajstić information content (AvgIpc) is 3.81. The fourth-order valence-corrected chi connectivity index (χ4v) is 8.88. The number of carbonyl (C=O) groups excluding carboxylic acids is 2. The van der Waals surface area contributed by atoms with Crippen LogP contribution in [0.15, 0.2) is 6.20 Å². The first-order chi connectivity index (χ1) is 34.5. The second-order valence-corrected chi connectivity index (χ2v) is 20.3. The van der Waals surface area contributed by atoms with Gasteiger partial charge in [0, 0.05) is 25.5 Å². The third kappa shape index (κ3) is 35.2. The van der Waals surface area contributed by atoms with Gasteiger partial charge in [-0.2, -0.15) is 0 Å². The van der Waals surface area contributed by atoms with Crippen molar-refractivity contribution in [1.29, 1.82) is 0 Å². The lowest BCUT2D eigenvalue weighted by Gasteiger charge is -2.39. The number of esters is 2. The van der Waals surface area contributed by atoms with Gasteiger partial charge in [-0.3, -0.25) is 14.2 Å². The first-order valence-electron chi connectivity index (χ1n) is 27.4. The Labute approximate surface area is 431 Å². The molecule has 0 aromatic carbocycles. The number of nitrogens with zero attached hydrogens (tertiary/aromatic N) is 3. The van der Waals surface area contributed by atoms with Gasteiger partial charge in [-0.15, -0.1) is 5.10 Å². The van der Waals surface area contributed by atoms with E-state index in [0.29, 0.717) is 25.1 Å². The highest BCUT2D eigenvalue weighted by Crippen LogP contribution is 2.38. The number of hydrogen-bond acceptors (Lipinski definition) is 18. The van der Waals surface area contributed by atoms with Crippen molar-refractivity contribution in [2.45, 2.75) is 243 Å². The van der Waals surface area contributed by atoms with Gasteiger partial charge < -0.3 is 68.9 Å². The minimum atomic E-state index is -4.84. The summed E-state index contributed by atoms with van der Waals surface area (Å²) in [5, 5.41) is 47.1. The molecule has 0 aliphatic carbocycles. The molecule has 0 saturated carbocycles. The number of unbranched alkanes of at least 4 members (excludes halogenated alkanes) is 24. The van der Waals surface area contributed by atoms with E-state index in [1.54, 1.807) is 6.20 Å². The molecular formula is C51H99N4O16P. The topological polar surface area (TPSA) is 296 Å². The quantitative estimate of drug-likeness (QED) is 0.0235. The van der Waals surface area contributed by atoms with E-state index in [-0.39, 0.29) is 71.7 Å². The highest BCUT2D eigenvalue weighted by molar-refractivity contribution is 7.45. The summed E-state index contributed by atoms with van der Waals surface area (Å²) in [5.41, 5.74) is 0.475. The van der Waals surface area contributed by atoms with Gasteiger partial charge in [0.2, 0.25) is 0 Å². The predicted octanol–water partition coefficient (Wildman–Crippen LogP) is 7.97. The number of aromatic nitrogens is 3. The van der Waals surface area contributed by atoms with Gasteiger partial charge in [-0.25, -0.2) is 4.68 Å². The monoisotopic (exact) mass is 1050 g/mol. The highest BCUT2D eigenvalue weighted by atomic mass is 31.2. The standard InChI is InChI=1S/C51H96N3O16P.H3N/c1-3-5-7-9-11-13-15-17-19-21-23-25-27-29-46(56)66-41-44(69-47(57)30-28-26-24-22-20-18-16-14-12-10-8-6-4-2)42-68-71(61,62)67-33-31-43-39-54(53-52-43)32-34-63-35-36-64-37-38-65-51-50(60)49(59)48(58)45(40-55)70-51;/h39,44-45,48-51,55,58-60H,3-38,40-42H2,1-2H3,(H,61,62);1H3/t44-,45+,48+,49-,50-,51-;/m1./s1. The Bertz CT molecular complexity index is 1480. The van der Waals surface area contributed by atoms with Gasteiger partial charge in [0.1, 0.15) is 31.0 Å². The normalized spacial score (nSPS) is 19.2. The maximum atomic E-state index is 12.8. The second-order valence-electron chi connectivity index (χ2n) is 18.9. The smallest absolute Gasteiger partial charge is 0.306 e. The number of carbonyl (C=O) groups is 2. The number of aliphatic hydroxyl groups is 4. The zero-order valence-corrected chi connectivity index (χ0v) is 45.5. The van der Waals surface area contributed by atoms with Crippen LogP contribution in [0.3, 0.4) is 0 Å². The summed E-state index contributed by atoms with van der Waals surface area (Å²) in [6.45, 7) is 4.07. The van der Waals surface area contributed by atoms with E-state index in [1.165, 1.54) is 120 Å². The van der Waals surface area contributed by atoms with Crippen LogP contribution in [0.2, 0.25) is 0 Å². The van der Waals surface area contributed by atoms with Gasteiger partial charge in [0.05, 0.1) is 65.1 Å². The number of phosphoric acid groups is 1. The van der Waals surface area contributed by atoms with Crippen molar-refractivity contribution in [3.05, 3.63) is 11.9 Å². The summed E-state index contributed by atoms with van der Waals surface area (Å²) in [6.07, 6.45) is 25.1. The molecule has 72 heavy (non-hydrogen) atoms. The molecule has 1 saturated heterocycles. The summed E-state index contributed by atoms with van der Waals surface area (Å²) < 4.78 is 57.2. The fourth-order valence-electron chi connectivity index (χ4n) is 8.14. The first kappa shape index (κ1) is 67.8. The van der Waals surface area contributed by atoms with Gasteiger partial charge in [0.25, 0.3) is 7.82 Å². The molecule has 0 amide bonds. The summed E-state index contributed by atoms with van der Waals surface area (Å²) in [4.78, 5) is 38.2. The van der Waals surface area contributed by atoms with Crippen LogP contribution in [0.25, 0.3) is 0 Å². The number of aliphatic hydroxyl groups excluding tert-OH is 4. The Morgan fingerprint density at radius 3 is 1.67 bits per heavy atom. The molecular weight excluding hydrogens is 956 g/mol. The van der Waals surface area contributed by atoms with Crippen LogP contribution in [0.1, 0.15) is 199 Å². The first-order valence-corrected chi connectivity index (χ1v) is 28.9. The van der Waals surface area contributed by atoms with Crippen LogP contribution < -0.4 is 11.0 Å².